The molecule has 0 aliphatic carbocycles. The predicted molar refractivity (Wildman–Crippen MR) is 95.3 cm³/mol. The van der Waals surface area contributed by atoms with E-state index in [-0.39, 0.29) is 5.91 Å². The summed E-state index contributed by atoms with van der Waals surface area (Å²) < 4.78 is 25.1. The SMILES string of the molecule is O=C1CCCN1c1cnn(C2CCN(CC3CCS(=O)(=O)CC3)C2)c1. The summed E-state index contributed by atoms with van der Waals surface area (Å²) in [6.07, 6.45) is 8.03. The molecule has 1 aromatic heterocycles. The number of hydrogen-bond acceptors (Lipinski definition) is 5. The summed E-state index contributed by atoms with van der Waals surface area (Å²) in [5.74, 6) is 1.39. The Balaban J connectivity index is 1.32. The molecule has 8 heteroatoms. The largest absolute Gasteiger partial charge is 0.309 e. The summed E-state index contributed by atoms with van der Waals surface area (Å²) in [4.78, 5) is 16.1. The highest BCUT2D eigenvalue weighted by Crippen LogP contribution is 2.28. The van der Waals surface area contributed by atoms with Crippen molar-refractivity contribution in [3.8, 4) is 0 Å². The Morgan fingerprint density at radius 3 is 2.68 bits per heavy atom. The Hall–Kier alpha value is -1.41. The molecular formula is C17H26N4O3S. The Morgan fingerprint density at radius 1 is 1.16 bits per heavy atom. The number of rotatable bonds is 4. The molecule has 1 aromatic rings. The average Bonchev–Trinajstić information content (AvgIpc) is 3.29. The summed E-state index contributed by atoms with van der Waals surface area (Å²) in [5.41, 5.74) is 0.915. The van der Waals surface area contributed by atoms with Crippen molar-refractivity contribution >= 4 is 21.4 Å². The third-order valence-corrected chi connectivity index (χ3v) is 7.50. The van der Waals surface area contributed by atoms with Crippen LogP contribution in [0, 0.1) is 5.92 Å². The zero-order chi connectivity index (χ0) is 17.4. The molecule has 3 aliphatic heterocycles. The molecule has 1 unspecified atom stereocenters. The van der Waals surface area contributed by atoms with E-state index in [2.05, 4.69) is 10.00 Å². The minimum Gasteiger partial charge on any atom is -0.309 e. The molecule has 0 bridgehead atoms. The van der Waals surface area contributed by atoms with E-state index in [0.717, 1.165) is 57.5 Å². The van der Waals surface area contributed by atoms with E-state index in [4.69, 9.17) is 0 Å². The number of aromatic nitrogens is 2. The van der Waals surface area contributed by atoms with Crippen molar-refractivity contribution in [2.24, 2.45) is 5.92 Å². The first kappa shape index (κ1) is 17.0. The maximum Gasteiger partial charge on any atom is 0.227 e. The third kappa shape index (κ3) is 3.74. The van der Waals surface area contributed by atoms with Gasteiger partial charge in [0.2, 0.25) is 5.91 Å². The molecule has 25 heavy (non-hydrogen) atoms. The van der Waals surface area contributed by atoms with Gasteiger partial charge in [0, 0.05) is 38.8 Å². The molecule has 138 valence electrons. The highest BCUT2D eigenvalue weighted by molar-refractivity contribution is 7.91. The summed E-state index contributed by atoms with van der Waals surface area (Å²) >= 11 is 0. The first-order valence-corrected chi connectivity index (χ1v) is 11.1. The zero-order valence-corrected chi connectivity index (χ0v) is 15.3. The fraction of sp³-hybridized carbons (Fsp3) is 0.765. The molecule has 3 saturated heterocycles. The van der Waals surface area contributed by atoms with Crippen molar-refractivity contribution in [3.05, 3.63) is 12.4 Å². The number of likely N-dealkylation sites (tertiary alicyclic amines) is 1. The van der Waals surface area contributed by atoms with Crippen LogP contribution >= 0.6 is 0 Å². The lowest BCUT2D eigenvalue weighted by Crippen LogP contribution is -2.33. The van der Waals surface area contributed by atoms with Crippen LogP contribution < -0.4 is 4.90 Å². The van der Waals surface area contributed by atoms with Gasteiger partial charge in [-0.1, -0.05) is 0 Å². The van der Waals surface area contributed by atoms with Crippen molar-refractivity contribution in [3.63, 3.8) is 0 Å². The third-order valence-electron chi connectivity index (χ3n) is 5.79. The molecule has 4 heterocycles. The van der Waals surface area contributed by atoms with Gasteiger partial charge in [-0.15, -0.1) is 0 Å². The molecule has 0 spiro atoms. The van der Waals surface area contributed by atoms with E-state index >= 15 is 0 Å². The van der Waals surface area contributed by atoms with E-state index in [1.807, 2.05) is 15.8 Å². The highest BCUT2D eigenvalue weighted by atomic mass is 32.2. The number of carbonyl (C=O) groups excluding carboxylic acids is 1. The number of hydrogen-bond donors (Lipinski definition) is 0. The first-order chi connectivity index (χ1) is 12.0. The van der Waals surface area contributed by atoms with Crippen LogP contribution in [-0.4, -0.2) is 66.7 Å². The maximum absolute atomic E-state index is 11.9. The van der Waals surface area contributed by atoms with E-state index in [1.54, 1.807) is 6.20 Å². The van der Waals surface area contributed by atoms with Gasteiger partial charge in [-0.3, -0.25) is 9.48 Å². The topological polar surface area (TPSA) is 75.5 Å². The van der Waals surface area contributed by atoms with Crippen molar-refractivity contribution in [2.75, 3.05) is 42.6 Å². The molecule has 0 N–H and O–H groups in total. The first-order valence-electron chi connectivity index (χ1n) is 9.27. The van der Waals surface area contributed by atoms with Crippen LogP contribution in [0.1, 0.15) is 38.1 Å². The zero-order valence-electron chi connectivity index (χ0n) is 14.5. The Bertz CT molecular complexity index is 731. The number of nitrogens with zero attached hydrogens (tertiary/aromatic N) is 4. The van der Waals surface area contributed by atoms with Gasteiger partial charge in [-0.05, 0) is 31.6 Å². The summed E-state index contributed by atoms with van der Waals surface area (Å²) in [6.45, 7) is 3.78. The normalized spacial score (nSPS) is 28.1. The van der Waals surface area contributed by atoms with Crippen LogP contribution in [0.3, 0.4) is 0 Å². The fourth-order valence-electron chi connectivity index (χ4n) is 4.27. The molecular weight excluding hydrogens is 340 g/mol. The van der Waals surface area contributed by atoms with Crippen molar-refractivity contribution in [1.29, 1.82) is 0 Å². The summed E-state index contributed by atoms with van der Waals surface area (Å²) in [5, 5.41) is 4.49. The molecule has 4 rings (SSSR count). The van der Waals surface area contributed by atoms with Crippen molar-refractivity contribution < 1.29 is 13.2 Å². The molecule has 7 nitrogen and oxygen atoms in total. The van der Waals surface area contributed by atoms with Gasteiger partial charge in [0.15, 0.2) is 0 Å². The van der Waals surface area contributed by atoms with Crippen LogP contribution in [0.2, 0.25) is 0 Å². The van der Waals surface area contributed by atoms with Gasteiger partial charge in [0.1, 0.15) is 9.84 Å². The van der Waals surface area contributed by atoms with Gasteiger partial charge in [-0.2, -0.15) is 5.10 Å². The predicted octanol–water partition coefficient (Wildman–Crippen LogP) is 1.08. The molecule has 1 atom stereocenters. The van der Waals surface area contributed by atoms with Gasteiger partial charge in [0.25, 0.3) is 0 Å². The minimum atomic E-state index is -2.78. The number of amides is 1. The molecule has 1 amide bonds. The lowest BCUT2D eigenvalue weighted by atomic mass is 10.0. The average molecular weight is 366 g/mol. The smallest absolute Gasteiger partial charge is 0.227 e. The second-order valence-corrected chi connectivity index (χ2v) is 9.93. The van der Waals surface area contributed by atoms with Crippen LogP contribution in [0.5, 0.6) is 0 Å². The quantitative estimate of drug-likeness (QED) is 0.797. The minimum absolute atomic E-state index is 0.194. The van der Waals surface area contributed by atoms with Crippen LogP contribution in [0.15, 0.2) is 12.4 Å². The second kappa shape index (κ2) is 6.72. The van der Waals surface area contributed by atoms with E-state index < -0.39 is 9.84 Å². The molecule has 0 saturated carbocycles. The van der Waals surface area contributed by atoms with Crippen LogP contribution in [0.4, 0.5) is 5.69 Å². The van der Waals surface area contributed by atoms with Gasteiger partial charge < -0.3 is 9.80 Å². The van der Waals surface area contributed by atoms with Gasteiger partial charge in [0.05, 0.1) is 29.4 Å². The van der Waals surface area contributed by atoms with Crippen molar-refractivity contribution in [1.82, 2.24) is 14.7 Å². The molecule has 0 radical (unpaired) electrons. The monoisotopic (exact) mass is 366 g/mol. The van der Waals surface area contributed by atoms with Crippen LogP contribution in [0.25, 0.3) is 0 Å². The maximum atomic E-state index is 11.9. The van der Waals surface area contributed by atoms with E-state index in [0.29, 0.717) is 29.9 Å². The van der Waals surface area contributed by atoms with Crippen molar-refractivity contribution in [2.45, 2.75) is 38.1 Å². The Kier molecular flexibility index (Phi) is 4.58. The van der Waals surface area contributed by atoms with Gasteiger partial charge >= 0.3 is 0 Å². The molecule has 3 aliphatic rings. The fourth-order valence-corrected chi connectivity index (χ4v) is 5.86. The molecule has 0 aromatic carbocycles. The second-order valence-electron chi connectivity index (χ2n) is 7.62. The molecule has 3 fully saturated rings. The van der Waals surface area contributed by atoms with Crippen LogP contribution in [-0.2, 0) is 14.6 Å². The lowest BCUT2D eigenvalue weighted by Gasteiger charge is -2.26. The summed E-state index contributed by atoms with van der Waals surface area (Å²) in [7, 11) is -2.78. The highest BCUT2D eigenvalue weighted by Gasteiger charge is 2.30. The summed E-state index contributed by atoms with van der Waals surface area (Å²) in [6, 6.07) is 0.346. The van der Waals surface area contributed by atoms with E-state index in [9.17, 15) is 13.2 Å². The number of anilines is 1. The lowest BCUT2D eigenvalue weighted by molar-refractivity contribution is -0.117. The number of sulfone groups is 1. The van der Waals surface area contributed by atoms with E-state index in [1.165, 1.54) is 0 Å². The van der Waals surface area contributed by atoms with Gasteiger partial charge in [-0.25, -0.2) is 8.42 Å². The Morgan fingerprint density at radius 2 is 1.96 bits per heavy atom. The number of carbonyl (C=O) groups is 1. The Labute approximate surface area is 148 Å². The standard InChI is InChI=1S/C17H26N4O3S/c22-17-2-1-6-20(17)16-10-18-21(13-16)15-3-7-19(12-15)11-14-4-8-25(23,24)9-5-14/h10,13-15H,1-9,11-12H2.